The zero-order chi connectivity index (χ0) is 27.6. The van der Waals surface area contributed by atoms with Gasteiger partial charge in [-0.05, 0) is 76.9 Å². The van der Waals surface area contributed by atoms with Crippen LogP contribution in [0.3, 0.4) is 0 Å². The molecule has 0 spiro atoms. The van der Waals surface area contributed by atoms with E-state index in [1.54, 1.807) is 24.8 Å². The number of rotatable bonds is 5. The molecular weight excluding hydrogens is 572 g/mol. The minimum absolute atomic E-state index is 0.562. The summed E-state index contributed by atoms with van der Waals surface area (Å²) < 4.78 is 0.928. The molecule has 0 aliphatic carbocycles. The van der Waals surface area contributed by atoms with Crippen LogP contribution in [0.4, 0.5) is 0 Å². The molecular formula is C34H21BrN6. The number of aromatic nitrogens is 6. The number of benzene rings is 3. The lowest BCUT2D eigenvalue weighted by Crippen LogP contribution is -2.00. The zero-order valence-electron chi connectivity index (χ0n) is 21.7. The topological polar surface area (TPSA) is 77.3 Å². The molecule has 4 heterocycles. The average molecular weight is 593 g/mol. The second-order valence-electron chi connectivity index (χ2n) is 9.47. The molecule has 0 fully saturated rings. The second-order valence-corrected chi connectivity index (χ2v) is 10.4. The number of nitrogens with zero attached hydrogens (tertiary/aromatic N) is 6. The van der Waals surface area contributed by atoms with Crippen LogP contribution in [0.5, 0.6) is 0 Å². The highest BCUT2D eigenvalue weighted by molar-refractivity contribution is 9.10. The van der Waals surface area contributed by atoms with Gasteiger partial charge in [-0.1, -0.05) is 58.4 Å². The van der Waals surface area contributed by atoms with Crippen molar-refractivity contribution in [3.8, 4) is 56.4 Å². The molecule has 194 valence electrons. The molecule has 0 bridgehead atoms. The van der Waals surface area contributed by atoms with Gasteiger partial charge in [-0.2, -0.15) is 0 Å². The van der Waals surface area contributed by atoms with E-state index in [4.69, 9.17) is 15.0 Å². The van der Waals surface area contributed by atoms with E-state index < -0.39 is 0 Å². The van der Waals surface area contributed by atoms with Gasteiger partial charge in [-0.3, -0.25) is 15.0 Å². The quantitative estimate of drug-likeness (QED) is 0.200. The van der Waals surface area contributed by atoms with Crippen molar-refractivity contribution < 1.29 is 0 Å². The highest BCUT2D eigenvalue weighted by Crippen LogP contribution is 2.34. The monoisotopic (exact) mass is 592 g/mol. The molecule has 4 aromatic heterocycles. The van der Waals surface area contributed by atoms with E-state index in [0.29, 0.717) is 17.5 Å². The van der Waals surface area contributed by atoms with Crippen LogP contribution in [-0.2, 0) is 0 Å². The number of hydrogen-bond acceptors (Lipinski definition) is 6. The first-order valence-corrected chi connectivity index (χ1v) is 13.8. The first-order chi connectivity index (χ1) is 20.2. The van der Waals surface area contributed by atoms with Gasteiger partial charge in [0.15, 0.2) is 17.5 Å². The molecule has 0 aliphatic rings. The molecule has 7 aromatic rings. The molecule has 0 amide bonds. The van der Waals surface area contributed by atoms with Gasteiger partial charge in [0.1, 0.15) is 0 Å². The predicted molar refractivity (Wildman–Crippen MR) is 166 cm³/mol. The molecule has 0 aliphatic heterocycles. The molecule has 6 nitrogen and oxygen atoms in total. The Morgan fingerprint density at radius 3 is 1.93 bits per heavy atom. The minimum Gasteiger partial charge on any atom is -0.265 e. The van der Waals surface area contributed by atoms with Crippen molar-refractivity contribution >= 4 is 26.8 Å². The lowest BCUT2D eigenvalue weighted by molar-refractivity contribution is 1.07. The largest absolute Gasteiger partial charge is 0.265 e. The summed E-state index contributed by atoms with van der Waals surface area (Å²) in [6.07, 6.45) is 8.91. The van der Waals surface area contributed by atoms with Gasteiger partial charge in [0.05, 0.1) is 5.52 Å². The third-order valence-electron chi connectivity index (χ3n) is 6.82. The van der Waals surface area contributed by atoms with E-state index in [2.05, 4.69) is 67.3 Å². The number of hydrogen-bond donors (Lipinski definition) is 0. The van der Waals surface area contributed by atoms with Crippen molar-refractivity contribution in [3.63, 3.8) is 0 Å². The predicted octanol–water partition coefficient (Wildman–Crippen LogP) is 8.31. The second kappa shape index (κ2) is 10.8. The van der Waals surface area contributed by atoms with Crippen LogP contribution < -0.4 is 0 Å². The van der Waals surface area contributed by atoms with E-state index in [0.717, 1.165) is 54.3 Å². The molecule has 0 N–H and O–H groups in total. The zero-order valence-corrected chi connectivity index (χ0v) is 23.3. The maximum absolute atomic E-state index is 4.95. The van der Waals surface area contributed by atoms with Crippen LogP contribution in [0, 0.1) is 0 Å². The molecule has 0 atom stereocenters. The van der Waals surface area contributed by atoms with Crippen molar-refractivity contribution in [2.24, 2.45) is 0 Å². The fourth-order valence-electron chi connectivity index (χ4n) is 4.84. The lowest BCUT2D eigenvalue weighted by atomic mass is 9.98. The van der Waals surface area contributed by atoms with Crippen molar-refractivity contribution in [3.05, 3.63) is 133 Å². The number of pyridine rings is 3. The highest BCUT2D eigenvalue weighted by Gasteiger charge is 2.15. The highest BCUT2D eigenvalue weighted by atomic mass is 79.9. The Balaban J connectivity index is 1.37. The van der Waals surface area contributed by atoms with Gasteiger partial charge < -0.3 is 0 Å². The molecule has 7 heteroatoms. The Labute approximate surface area is 245 Å². The van der Waals surface area contributed by atoms with Crippen molar-refractivity contribution in [1.82, 2.24) is 29.9 Å². The van der Waals surface area contributed by atoms with E-state index in [9.17, 15) is 0 Å². The third kappa shape index (κ3) is 5.11. The van der Waals surface area contributed by atoms with Gasteiger partial charge in [-0.25, -0.2) is 15.0 Å². The summed E-state index contributed by atoms with van der Waals surface area (Å²) >= 11 is 3.73. The Kier molecular flexibility index (Phi) is 6.55. The van der Waals surface area contributed by atoms with E-state index in [1.807, 2.05) is 66.9 Å². The minimum atomic E-state index is 0.562. The van der Waals surface area contributed by atoms with Crippen LogP contribution >= 0.6 is 15.9 Å². The molecule has 0 saturated carbocycles. The summed E-state index contributed by atoms with van der Waals surface area (Å²) in [5, 5.41) is 1.08. The fourth-order valence-corrected chi connectivity index (χ4v) is 5.34. The van der Waals surface area contributed by atoms with Crippen molar-refractivity contribution in [2.75, 3.05) is 0 Å². The molecule has 41 heavy (non-hydrogen) atoms. The van der Waals surface area contributed by atoms with Gasteiger partial charge in [0, 0.05) is 57.5 Å². The number of fused-ring (bicyclic) bond motifs is 1. The molecule has 0 unspecified atom stereocenters. The van der Waals surface area contributed by atoms with Crippen LogP contribution in [0.25, 0.3) is 67.3 Å². The van der Waals surface area contributed by atoms with Crippen LogP contribution in [0.1, 0.15) is 0 Å². The summed E-state index contributed by atoms with van der Waals surface area (Å²) in [5.41, 5.74) is 7.86. The van der Waals surface area contributed by atoms with E-state index in [1.165, 1.54) is 0 Å². The Hall–Kier alpha value is -5.14. The van der Waals surface area contributed by atoms with Crippen LogP contribution in [-0.4, -0.2) is 29.9 Å². The van der Waals surface area contributed by atoms with Gasteiger partial charge in [-0.15, -0.1) is 0 Å². The molecule has 7 rings (SSSR count). The SMILES string of the molecule is Brc1cc(-c2nc(-c3ccc(-c4ccncc4)cc3)nc(-c3cccnc3)n2)cc(-c2cccc3ncccc23)c1. The van der Waals surface area contributed by atoms with Crippen molar-refractivity contribution in [1.29, 1.82) is 0 Å². The summed E-state index contributed by atoms with van der Waals surface area (Å²) in [6, 6.07) is 32.5. The Morgan fingerprint density at radius 1 is 0.463 bits per heavy atom. The summed E-state index contributed by atoms with van der Waals surface area (Å²) in [4.78, 5) is 27.7. The van der Waals surface area contributed by atoms with Gasteiger partial charge in [0.2, 0.25) is 0 Å². The van der Waals surface area contributed by atoms with Crippen molar-refractivity contribution in [2.45, 2.75) is 0 Å². The average Bonchev–Trinajstić information content (AvgIpc) is 3.05. The maximum atomic E-state index is 4.95. The Morgan fingerprint density at radius 2 is 1.15 bits per heavy atom. The Bertz CT molecular complexity index is 1990. The van der Waals surface area contributed by atoms with Crippen LogP contribution in [0.15, 0.2) is 133 Å². The molecule has 0 radical (unpaired) electrons. The van der Waals surface area contributed by atoms with Gasteiger partial charge >= 0.3 is 0 Å². The third-order valence-corrected chi connectivity index (χ3v) is 7.28. The van der Waals surface area contributed by atoms with E-state index >= 15 is 0 Å². The van der Waals surface area contributed by atoms with E-state index in [-0.39, 0.29) is 0 Å². The summed E-state index contributed by atoms with van der Waals surface area (Å²) in [7, 11) is 0. The first-order valence-electron chi connectivity index (χ1n) is 13.0. The summed E-state index contributed by atoms with van der Waals surface area (Å²) in [5.74, 6) is 1.73. The smallest absolute Gasteiger partial charge is 0.165 e. The maximum Gasteiger partial charge on any atom is 0.165 e. The number of halogens is 1. The lowest BCUT2D eigenvalue weighted by Gasteiger charge is -2.12. The molecule has 3 aromatic carbocycles. The normalized spacial score (nSPS) is 11.0. The van der Waals surface area contributed by atoms with Crippen LogP contribution in [0.2, 0.25) is 0 Å². The fraction of sp³-hybridized carbons (Fsp3) is 0. The first kappa shape index (κ1) is 24.9. The standard InChI is InChI=1S/C34H21BrN6/c35-28-19-26(29-5-1-7-31-30(29)6-3-15-38-31)18-27(20-28)34-40-32(39-33(41-34)25-4-2-14-37-21-25)24-10-8-22(9-11-24)23-12-16-36-17-13-23/h1-21H. The molecule has 0 saturated heterocycles. The van der Waals surface area contributed by atoms with Gasteiger partial charge in [0.25, 0.3) is 0 Å². The summed E-state index contributed by atoms with van der Waals surface area (Å²) in [6.45, 7) is 0.